The molecule has 0 saturated heterocycles. The number of hydrogen-bond donors (Lipinski definition) is 0. The summed E-state index contributed by atoms with van der Waals surface area (Å²) in [5.74, 6) is -0.638. The maximum Gasteiger partial charge on any atom is 0.123 e. The van der Waals surface area contributed by atoms with Crippen LogP contribution in [0.1, 0.15) is 0 Å². The fourth-order valence-electron chi connectivity index (χ4n) is 12.4. The Kier molecular flexibility index (Phi) is 14.6. The zero-order chi connectivity index (χ0) is 60.3. The molecule has 0 saturated carbocycles. The second-order valence-electron chi connectivity index (χ2n) is 22.1. The van der Waals surface area contributed by atoms with Gasteiger partial charge in [0, 0.05) is 102 Å². The molecule has 13 aromatic carbocycles. The lowest BCUT2D eigenvalue weighted by atomic mass is 10.1. The quantitative estimate of drug-likeness (QED) is 0.0962. The van der Waals surface area contributed by atoms with Gasteiger partial charge in [-0.15, -0.1) is 0 Å². The van der Waals surface area contributed by atoms with Gasteiger partial charge in [-0.05, 0) is 218 Å². The van der Waals surface area contributed by atoms with Crippen LogP contribution in [-0.2, 0) is 0 Å². The molecule has 2 heterocycles. The zero-order valence-corrected chi connectivity index (χ0v) is 48.9. The smallest absolute Gasteiger partial charge is 0.123 e. The predicted octanol–water partition coefficient (Wildman–Crippen LogP) is 23.1. The van der Waals surface area contributed by atoms with Gasteiger partial charge < -0.3 is 28.7 Å². The summed E-state index contributed by atoms with van der Waals surface area (Å²) < 4.78 is 35.2. The number of para-hydroxylation sites is 6. The monoisotopic (exact) mass is 1160 g/mol. The summed E-state index contributed by atoms with van der Waals surface area (Å²) in [6, 6.07) is 119. The highest BCUT2D eigenvalue weighted by Gasteiger charge is 2.23. The van der Waals surface area contributed by atoms with Crippen LogP contribution in [0.2, 0.25) is 0 Å². The van der Waals surface area contributed by atoms with Gasteiger partial charge in [-0.1, -0.05) is 133 Å². The molecule has 0 unspecified atom stereocenters. The molecule has 0 radical (unpaired) electrons. The first-order valence-corrected chi connectivity index (χ1v) is 30.1. The van der Waals surface area contributed by atoms with E-state index in [1.807, 2.05) is 48.5 Å². The van der Waals surface area contributed by atoms with E-state index in [1.165, 1.54) is 12.1 Å². The molecule has 0 aliphatic rings. The van der Waals surface area contributed by atoms with E-state index in [1.54, 1.807) is 24.3 Å². The average Bonchev–Trinajstić information content (AvgIpc) is 1.60. The van der Waals surface area contributed by atoms with Crippen molar-refractivity contribution >= 4 is 90.1 Å². The Hall–Kier alpha value is -12.0. The fraction of sp³-hybridized carbons (Fsp3) is 0. The lowest BCUT2D eigenvalue weighted by Gasteiger charge is -2.28. The molecule has 430 valence electrons. The van der Waals surface area contributed by atoms with Crippen LogP contribution >= 0.6 is 0 Å². The predicted molar refractivity (Wildman–Crippen MR) is 370 cm³/mol. The Bertz CT molecular complexity index is 4530. The van der Waals surface area contributed by atoms with Gasteiger partial charge in [-0.25, -0.2) is 8.78 Å². The van der Waals surface area contributed by atoms with Crippen molar-refractivity contribution in [3.05, 3.63) is 363 Å². The summed E-state index contributed by atoms with van der Waals surface area (Å²) in [4.78, 5) is 9.05. The molecular weight excluding hydrogens is 1110 g/mol. The first kappa shape index (κ1) is 54.6. The third-order valence-corrected chi connectivity index (χ3v) is 16.5. The third-order valence-electron chi connectivity index (χ3n) is 16.5. The third kappa shape index (κ3) is 10.7. The summed E-state index contributed by atoms with van der Waals surface area (Å²) in [5, 5.41) is 1.91. The van der Waals surface area contributed by atoms with Crippen LogP contribution in [0.5, 0.6) is 0 Å². The summed E-state index contributed by atoms with van der Waals surface area (Å²) in [6.07, 6.45) is 0. The number of rotatable bonds is 16. The number of benzene rings is 13. The number of halogens is 2. The van der Waals surface area contributed by atoms with E-state index in [-0.39, 0.29) is 11.6 Å². The van der Waals surface area contributed by atoms with Gasteiger partial charge in [0.25, 0.3) is 0 Å². The van der Waals surface area contributed by atoms with E-state index in [0.717, 1.165) is 124 Å². The van der Waals surface area contributed by atoms with Crippen molar-refractivity contribution in [2.75, 3.05) is 19.6 Å². The molecule has 2 aromatic heterocycles. The molecule has 0 fully saturated rings. The molecule has 0 amide bonds. The lowest BCUT2D eigenvalue weighted by molar-refractivity contribution is 0.628. The van der Waals surface area contributed by atoms with Crippen LogP contribution in [0.3, 0.4) is 0 Å². The van der Waals surface area contributed by atoms with Crippen molar-refractivity contribution in [2.45, 2.75) is 0 Å². The van der Waals surface area contributed by atoms with Crippen LogP contribution in [0.4, 0.5) is 77.0 Å². The SMILES string of the molecule is Fc1cccc(-c2cc3cc4c(cc(-c5cccc(F)c5)n4-c4ccc(N(c5ccccc5)c5ccc(N(c6ccccc6)c6ccccc6)cc5)cc4)cc3n2-c2ccc(N(c3ccccc3)c3ccc(N(c4ccccc4)c4ccccc4)cc3)cc2)c1. The van der Waals surface area contributed by atoms with Gasteiger partial charge in [0.05, 0.1) is 22.4 Å². The molecule has 8 heteroatoms. The second-order valence-corrected chi connectivity index (χ2v) is 22.1. The number of nitrogens with zero attached hydrogens (tertiary/aromatic N) is 6. The van der Waals surface area contributed by atoms with E-state index < -0.39 is 0 Å². The summed E-state index contributed by atoms with van der Waals surface area (Å²) in [5.41, 5.74) is 19.1. The van der Waals surface area contributed by atoms with E-state index in [0.29, 0.717) is 0 Å². The molecule has 0 aliphatic heterocycles. The highest BCUT2D eigenvalue weighted by molar-refractivity contribution is 6.02. The van der Waals surface area contributed by atoms with Crippen molar-refractivity contribution in [3.63, 3.8) is 0 Å². The summed E-state index contributed by atoms with van der Waals surface area (Å²) in [6.45, 7) is 0. The Morgan fingerprint density at radius 3 is 0.656 bits per heavy atom. The van der Waals surface area contributed by atoms with Crippen LogP contribution < -0.4 is 19.6 Å². The Labute approximate surface area is 522 Å². The van der Waals surface area contributed by atoms with Crippen LogP contribution in [0.15, 0.2) is 352 Å². The van der Waals surface area contributed by atoms with Gasteiger partial charge in [0.1, 0.15) is 11.6 Å². The molecule has 0 atom stereocenters. The molecule has 0 N–H and O–H groups in total. The van der Waals surface area contributed by atoms with Crippen molar-refractivity contribution in [3.8, 4) is 33.9 Å². The normalized spacial score (nSPS) is 11.2. The standard InChI is InChI=1S/C82H58F2N6/c83-63-23-19-21-59(53-63)79-55-61-58-82-62(57-81(61)89(79)77-49-45-75(46-50-77)87(69-33-15-5-16-34-69)73-41-37-71(38-42-73)85(65-25-7-1-8-26-65)66-27-9-2-10-28-66)56-80(60-22-20-24-64(84)54-60)90(82)78-51-47-76(48-52-78)88(70-35-17-6-18-36-70)74-43-39-72(40-44-74)86(67-29-11-3-12-30-67)68-31-13-4-14-32-68/h1-58H. The maximum absolute atomic E-state index is 15.4. The molecule has 0 bridgehead atoms. The van der Waals surface area contributed by atoms with Crippen LogP contribution in [0, 0.1) is 11.6 Å². The maximum atomic E-state index is 15.4. The van der Waals surface area contributed by atoms with Gasteiger partial charge in [0.2, 0.25) is 0 Å². The van der Waals surface area contributed by atoms with Crippen molar-refractivity contribution in [1.29, 1.82) is 0 Å². The van der Waals surface area contributed by atoms with Crippen molar-refractivity contribution in [2.24, 2.45) is 0 Å². The van der Waals surface area contributed by atoms with E-state index in [4.69, 9.17) is 0 Å². The van der Waals surface area contributed by atoms with Gasteiger partial charge >= 0.3 is 0 Å². The first-order chi connectivity index (χ1) is 44.5. The number of aromatic nitrogens is 2. The summed E-state index contributed by atoms with van der Waals surface area (Å²) in [7, 11) is 0. The highest BCUT2D eigenvalue weighted by Crippen LogP contribution is 2.44. The van der Waals surface area contributed by atoms with Gasteiger partial charge in [0.15, 0.2) is 0 Å². The van der Waals surface area contributed by atoms with Gasteiger partial charge in [-0.3, -0.25) is 0 Å². The molecular formula is C82H58F2N6. The van der Waals surface area contributed by atoms with E-state index in [2.05, 4.69) is 296 Å². The average molecular weight is 1170 g/mol. The van der Waals surface area contributed by atoms with Gasteiger partial charge in [-0.2, -0.15) is 0 Å². The molecule has 90 heavy (non-hydrogen) atoms. The molecule has 0 spiro atoms. The zero-order valence-electron chi connectivity index (χ0n) is 48.9. The highest BCUT2D eigenvalue weighted by atomic mass is 19.1. The minimum Gasteiger partial charge on any atom is -0.311 e. The first-order valence-electron chi connectivity index (χ1n) is 30.1. The minimum absolute atomic E-state index is 0.319. The number of hydrogen-bond acceptors (Lipinski definition) is 4. The van der Waals surface area contributed by atoms with Crippen molar-refractivity contribution < 1.29 is 8.78 Å². The lowest BCUT2D eigenvalue weighted by Crippen LogP contribution is -2.12. The van der Waals surface area contributed by atoms with E-state index in [9.17, 15) is 0 Å². The molecule has 0 aliphatic carbocycles. The second kappa shape index (κ2) is 24.0. The Morgan fingerprint density at radius 2 is 0.422 bits per heavy atom. The van der Waals surface area contributed by atoms with E-state index >= 15 is 8.78 Å². The Morgan fingerprint density at radius 1 is 0.200 bits per heavy atom. The topological polar surface area (TPSA) is 22.8 Å². The fourth-order valence-corrected chi connectivity index (χ4v) is 12.4. The number of anilines is 12. The molecule has 15 aromatic rings. The largest absolute Gasteiger partial charge is 0.311 e. The number of fused-ring (bicyclic) bond motifs is 2. The van der Waals surface area contributed by atoms with Crippen LogP contribution in [-0.4, -0.2) is 9.13 Å². The minimum atomic E-state index is -0.319. The summed E-state index contributed by atoms with van der Waals surface area (Å²) >= 11 is 0. The molecule has 6 nitrogen and oxygen atoms in total. The van der Waals surface area contributed by atoms with Crippen LogP contribution in [0.25, 0.3) is 55.7 Å². The van der Waals surface area contributed by atoms with Crippen molar-refractivity contribution in [1.82, 2.24) is 9.13 Å². The molecule has 15 rings (SSSR count). The Balaban J connectivity index is 0.819.